The van der Waals surface area contributed by atoms with Crippen molar-refractivity contribution in [3.05, 3.63) is 0 Å². The van der Waals surface area contributed by atoms with Gasteiger partial charge in [-0.2, -0.15) is 0 Å². The van der Waals surface area contributed by atoms with E-state index in [9.17, 15) is 9.59 Å². The lowest BCUT2D eigenvalue weighted by Gasteiger charge is -2.41. The van der Waals surface area contributed by atoms with Crippen LogP contribution in [0.3, 0.4) is 0 Å². The standard InChI is InChI=1S/C14H22O5/c1-7-11(6-17-4)13-8(2)18-14(16)10(13)5-12(7)19-9(3)15/h7-8,10-13H,5-6H2,1-4H3. The Balaban J connectivity index is 2.22. The maximum Gasteiger partial charge on any atom is 0.309 e. The van der Waals surface area contributed by atoms with E-state index in [1.165, 1.54) is 6.92 Å². The molecule has 2 fully saturated rings. The molecule has 2 rings (SSSR count). The van der Waals surface area contributed by atoms with Gasteiger partial charge in [0.2, 0.25) is 0 Å². The largest absolute Gasteiger partial charge is 0.462 e. The first kappa shape index (κ1) is 14.3. The van der Waals surface area contributed by atoms with E-state index in [0.29, 0.717) is 13.0 Å². The predicted molar refractivity (Wildman–Crippen MR) is 67.2 cm³/mol. The lowest BCUT2D eigenvalue weighted by molar-refractivity contribution is -0.159. The zero-order chi connectivity index (χ0) is 14.2. The predicted octanol–water partition coefficient (Wildman–Crippen LogP) is 1.40. The molecule has 0 N–H and O–H groups in total. The Morgan fingerprint density at radius 3 is 2.68 bits per heavy atom. The van der Waals surface area contributed by atoms with Crippen LogP contribution in [0.15, 0.2) is 0 Å². The average molecular weight is 270 g/mol. The second-order valence-corrected chi connectivity index (χ2v) is 5.69. The maximum absolute atomic E-state index is 11.9. The molecule has 6 atom stereocenters. The minimum atomic E-state index is -0.300. The second-order valence-electron chi connectivity index (χ2n) is 5.69. The Hall–Kier alpha value is -1.10. The summed E-state index contributed by atoms with van der Waals surface area (Å²) in [4.78, 5) is 23.1. The molecule has 5 heteroatoms. The minimum Gasteiger partial charge on any atom is -0.462 e. The number of hydrogen-bond acceptors (Lipinski definition) is 5. The number of cyclic esters (lactones) is 1. The van der Waals surface area contributed by atoms with Gasteiger partial charge < -0.3 is 14.2 Å². The molecule has 1 saturated heterocycles. The summed E-state index contributed by atoms with van der Waals surface area (Å²) >= 11 is 0. The maximum atomic E-state index is 11.9. The number of rotatable bonds is 3. The number of carbonyl (C=O) groups is 2. The molecule has 0 amide bonds. The van der Waals surface area contributed by atoms with E-state index in [1.54, 1.807) is 7.11 Å². The summed E-state index contributed by atoms with van der Waals surface area (Å²) in [6, 6.07) is 0. The molecule has 6 unspecified atom stereocenters. The molecule has 1 aliphatic carbocycles. The molecule has 0 aromatic heterocycles. The topological polar surface area (TPSA) is 61.8 Å². The summed E-state index contributed by atoms with van der Waals surface area (Å²) in [5.41, 5.74) is 0. The molecule has 1 saturated carbocycles. The van der Waals surface area contributed by atoms with Crippen LogP contribution >= 0.6 is 0 Å². The van der Waals surface area contributed by atoms with Gasteiger partial charge in [0.15, 0.2) is 0 Å². The number of hydrogen-bond donors (Lipinski definition) is 0. The van der Waals surface area contributed by atoms with Crippen molar-refractivity contribution in [1.29, 1.82) is 0 Å². The van der Waals surface area contributed by atoms with Crippen LogP contribution in [-0.2, 0) is 23.8 Å². The molecule has 1 aliphatic heterocycles. The molecular formula is C14H22O5. The van der Waals surface area contributed by atoms with Crippen molar-refractivity contribution in [1.82, 2.24) is 0 Å². The molecule has 0 radical (unpaired) electrons. The molecule has 0 spiro atoms. The number of methoxy groups -OCH3 is 1. The SMILES string of the molecule is COCC1C(C)C(OC(C)=O)CC2C(=O)OC(C)C21. The summed E-state index contributed by atoms with van der Waals surface area (Å²) in [6.07, 6.45) is 0.254. The van der Waals surface area contributed by atoms with Crippen LogP contribution in [0, 0.1) is 23.7 Å². The quantitative estimate of drug-likeness (QED) is 0.725. The highest BCUT2D eigenvalue weighted by Gasteiger charge is 2.54. The van der Waals surface area contributed by atoms with Crippen molar-refractivity contribution in [3.8, 4) is 0 Å². The van der Waals surface area contributed by atoms with E-state index in [1.807, 2.05) is 6.92 Å². The highest BCUT2D eigenvalue weighted by molar-refractivity contribution is 5.75. The van der Waals surface area contributed by atoms with Gasteiger partial charge in [-0.3, -0.25) is 9.59 Å². The Bertz CT molecular complexity index is 367. The van der Waals surface area contributed by atoms with Gasteiger partial charge in [-0.05, 0) is 25.2 Å². The number of esters is 2. The first-order valence-corrected chi connectivity index (χ1v) is 6.82. The van der Waals surface area contributed by atoms with Gasteiger partial charge in [0, 0.05) is 26.6 Å². The Kier molecular flexibility index (Phi) is 4.13. The lowest BCUT2D eigenvalue weighted by Crippen LogP contribution is -2.47. The molecule has 1 heterocycles. The lowest BCUT2D eigenvalue weighted by atomic mass is 9.65. The molecule has 108 valence electrons. The van der Waals surface area contributed by atoms with Crippen LogP contribution < -0.4 is 0 Å². The van der Waals surface area contributed by atoms with Gasteiger partial charge in [0.25, 0.3) is 0 Å². The second kappa shape index (κ2) is 5.49. The fourth-order valence-electron chi connectivity index (χ4n) is 3.65. The summed E-state index contributed by atoms with van der Waals surface area (Å²) in [5, 5.41) is 0. The van der Waals surface area contributed by atoms with E-state index in [4.69, 9.17) is 14.2 Å². The summed E-state index contributed by atoms with van der Waals surface area (Å²) in [5.74, 6) is -0.130. The van der Waals surface area contributed by atoms with Crippen molar-refractivity contribution < 1.29 is 23.8 Å². The third-order valence-corrected chi connectivity index (χ3v) is 4.53. The fourth-order valence-corrected chi connectivity index (χ4v) is 3.65. The fraction of sp³-hybridized carbons (Fsp3) is 0.857. The van der Waals surface area contributed by atoms with E-state index < -0.39 is 0 Å². The van der Waals surface area contributed by atoms with Crippen LogP contribution in [0.4, 0.5) is 0 Å². The smallest absolute Gasteiger partial charge is 0.309 e. The van der Waals surface area contributed by atoms with Crippen LogP contribution in [0.5, 0.6) is 0 Å². The summed E-state index contributed by atoms with van der Waals surface area (Å²) in [7, 11) is 1.65. The van der Waals surface area contributed by atoms with Gasteiger partial charge in [0.05, 0.1) is 5.92 Å². The minimum absolute atomic E-state index is 0.0848. The van der Waals surface area contributed by atoms with Crippen molar-refractivity contribution in [2.75, 3.05) is 13.7 Å². The highest BCUT2D eigenvalue weighted by atomic mass is 16.6. The molecule has 0 aromatic carbocycles. The molecule has 0 bridgehead atoms. The molecule has 2 aliphatic rings. The van der Waals surface area contributed by atoms with Crippen LogP contribution in [0.2, 0.25) is 0 Å². The van der Waals surface area contributed by atoms with Gasteiger partial charge in [-0.15, -0.1) is 0 Å². The Labute approximate surface area is 113 Å². The first-order chi connectivity index (χ1) is 8.95. The van der Waals surface area contributed by atoms with Crippen LogP contribution in [0.25, 0.3) is 0 Å². The zero-order valence-electron chi connectivity index (χ0n) is 11.9. The summed E-state index contributed by atoms with van der Waals surface area (Å²) in [6.45, 7) is 5.95. The van der Waals surface area contributed by atoms with Gasteiger partial charge in [0.1, 0.15) is 12.2 Å². The van der Waals surface area contributed by atoms with Crippen molar-refractivity contribution in [2.45, 2.75) is 39.4 Å². The number of carbonyl (C=O) groups excluding carboxylic acids is 2. The van der Waals surface area contributed by atoms with Crippen molar-refractivity contribution in [3.63, 3.8) is 0 Å². The third-order valence-electron chi connectivity index (χ3n) is 4.53. The van der Waals surface area contributed by atoms with E-state index in [-0.39, 0.29) is 47.8 Å². The molecular weight excluding hydrogens is 248 g/mol. The van der Waals surface area contributed by atoms with Gasteiger partial charge >= 0.3 is 11.9 Å². The highest BCUT2D eigenvalue weighted by Crippen LogP contribution is 2.46. The normalized spacial score (nSPS) is 41.6. The van der Waals surface area contributed by atoms with Crippen LogP contribution in [-0.4, -0.2) is 37.9 Å². The van der Waals surface area contributed by atoms with Crippen molar-refractivity contribution >= 4 is 11.9 Å². The monoisotopic (exact) mass is 270 g/mol. The van der Waals surface area contributed by atoms with E-state index >= 15 is 0 Å². The molecule has 0 aromatic rings. The van der Waals surface area contributed by atoms with E-state index in [2.05, 4.69) is 6.92 Å². The van der Waals surface area contributed by atoms with Crippen LogP contribution in [0.1, 0.15) is 27.2 Å². The van der Waals surface area contributed by atoms with E-state index in [0.717, 1.165) is 0 Å². The number of fused-ring (bicyclic) bond motifs is 1. The summed E-state index contributed by atoms with van der Waals surface area (Å²) < 4.78 is 16.0. The van der Waals surface area contributed by atoms with Gasteiger partial charge in [-0.1, -0.05) is 6.92 Å². The third kappa shape index (κ3) is 2.61. The molecule has 5 nitrogen and oxygen atoms in total. The Morgan fingerprint density at radius 2 is 2.11 bits per heavy atom. The van der Waals surface area contributed by atoms with Gasteiger partial charge in [-0.25, -0.2) is 0 Å². The Morgan fingerprint density at radius 1 is 1.42 bits per heavy atom. The van der Waals surface area contributed by atoms with Crippen molar-refractivity contribution in [2.24, 2.45) is 23.7 Å². The molecule has 19 heavy (non-hydrogen) atoms. The average Bonchev–Trinajstić information content (AvgIpc) is 2.59. The number of ether oxygens (including phenoxy) is 3. The zero-order valence-corrected chi connectivity index (χ0v) is 11.9. The first-order valence-electron chi connectivity index (χ1n) is 6.82.